The smallest absolute Gasteiger partial charge is 0.139 e. The third kappa shape index (κ3) is 4.86. The average molecular weight is 215 g/mol. The summed E-state index contributed by atoms with van der Waals surface area (Å²) in [6, 6.07) is 10.2. The van der Waals surface area contributed by atoms with Crippen LogP contribution in [0.2, 0.25) is 0 Å². The summed E-state index contributed by atoms with van der Waals surface area (Å²) in [4.78, 5) is 0. The Morgan fingerprint density at radius 2 is 2.00 bits per heavy atom. The second kappa shape index (κ2) is 5.95. The van der Waals surface area contributed by atoms with Crippen molar-refractivity contribution >= 4 is 20.7 Å². The molecule has 0 aliphatic carbocycles. The maximum Gasteiger partial charge on any atom is 0.139 e. The molecule has 1 aromatic carbocycles. The lowest BCUT2D eigenvalue weighted by molar-refractivity contribution is 0.695. The molecule has 70 valence electrons. The molecule has 0 saturated carbocycles. The molecule has 1 atom stereocenters. The number of aryl methyl sites for hydroxylation is 1. The van der Waals surface area contributed by atoms with Gasteiger partial charge in [-0.25, -0.2) is 4.21 Å². The fourth-order valence-electron chi connectivity index (χ4n) is 1.04. The zero-order valence-corrected chi connectivity index (χ0v) is 8.72. The van der Waals surface area contributed by atoms with Crippen LogP contribution >= 0.6 is 10.7 Å². The van der Waals surface area contributed by atoms with Crippen LogP contribution in [0.4, 0.5) is 0 Å². The molecule has 3 heteroatoms. The van der Waals surface area contributed by atoms with E-state index in [-0.39, 0.29) is 0 Å². The standard InChI is InChI=1S/C10H11ClOS/c11-13(12)9-5-4-8-10-6-2-1-3-7-10/h1-3,5-7,9H,4,8H2/b9-5+. The second-order valence-corrected chi connectivity index (χ2v) is 4.33. The van der Waals surface area contributed by atoms with Crippen molar-refractivity contribution in [2.24, 2.45) is 0 Å². The van der Waals surface area contributed by atoms with Gasteiger partial charge in [0.15, 0.2) is 0 Å². The summed E-state index contributed by atoms with van der Waals surface area (Å²) in [6.07, 6.45) is 3.68. The van der Waals surface area contributed by atoms with Gasteiger partial charge in [0, 0.05) is 5.41 Å². The number of allylic oxidation sites excluding steroid dienone is 1. The molecule has 0 amide bonds. The van der Waals surface area contributed by atoms with Crippen molar-refractivity contribution in [3.05, 3.63) is 47.4 Å². The first-order valence-corrected chi connectivity index (χ1v) is 6.10. The summed E-state index contributed by atoms with van der Waals surface area (Å²) in [7, 11) is 3.91. The van der Waals surface area contributed by atoms with Gasteiger partial charge in [0.05, 0.1) is 0 Å². The van der Waals surface area contributed by atoms with Crippen LogP contribution in [0.3, 0.4) is 0 Å². The highest BCUT2D eigenvalue weighted by atomic mass is 35.7. The summed E-state index contributed by atoms with van der Waals surface area (Å²) < 4.78 is 10.4. The Bertz CT molecular complexity index is 295. The minimum absolute atomic E-state index is 0.877. The van der Waals surface area contributed by atoms with Crippen molar-refractivity contribution < 1.29 is 4.21 Å². The topological polar surface area (TPSA) is 17.1 Å². The van der Waals surface area contributed by atoms with Crippen LogP contribution in [0.15, 0.2) is 41.8 Å². The molecule has 1 rings (SSSR count). The quantitative estimate of drug-likeness (QED) is 0.705. The van der Waals surface area contributed by atoms with Gasteiger partial charge in [-0.2, -0.15) is 0 Å². The Hall–Kier alpha value is -0.600. The minimum Gasteiger partial charge on any atom is -0.238 e. The summed E-state index contributed by atoms with van der Waals surface area (Å²) >= 11 is 0. The molecule has 0 radical (unpaired) electrons. The first-order valence-electron chi connectivity index (χ1n) is 4.06. The lowest BCUT2D eigenvalue weighted by Gasteiger charge is -1.95. The maximum absolute atomic E-state index is 10.4. The molecule has 0 aliphatic heterocycles. The molecule has 0 spiro atoms. The number of hydrogen-bond acceptors (Lipinski definition) is 1. The van der Waals surface area contributed by atoms with Crippen LogP contribution in [0.1, 0.15) is 12.0 Å². The van der Waals surface area contributed by atoms with Crippen molar-refractivity contribution in [2.45, 2.75) is 12.8 Å². The van der Waals surface area contributed by atoms with E-state index in [1.807, 2.05) is 24.3 Å². The van der Waals surface area contributed by atoms with E-state index in [2.05, 4.69) is 12.1 Å². The monoisotopic (exact) mass is 214 g/mol. The highest BCUT2D eigenvalue weighted by molar-refractivity contribution is 8.10. The molecule has 0 aliphatic rings. The van der Waals surface area contributed by atoms with E-state index in [0.29, 0.717) is 0 Å². The fraction of sp³-hybridized carbons (Fsp3) is 0.200. The lowest BCUT2D eigenvalue weighted by atomic mass is 10.1. The van der Waals surface area contributed by atoms with E-state index in [9.17, 15) is 4.21 Å². The van der Waals surface area contributed by atoms with Crippen molar-refractivity contribution in [3.63, 3.8) is 0 Å². The van der Waals surface area contributed by atoms with Crippen LogP contribution in [0, 0.1) is 0 Å². The molecule has 0 saturated heterocycles. The highest BCUT2D eigenvalue weighted by Gasteiger charge is 1.88. The molecule has 0 aromatic heterocycles. The van der Waals surface area contributed by atoms with E-state index >= 15 is 0 Å². The van der Waals surface area contributed by atoms with Crippen LogP contribution in [-0.4, -0.2) is 4.21 Å². The van der Waals surface area contributed by atoms with Gasteiger partial charge in [-0.3, -0.25) is 0 Å². The van der Waals surface area contributed by atoms with E-state index in [1.165, 1.54) is 11.0 Å². The van der Waals surface area contributed by atoms with Gasteiger partial charge < -0.3 is 0 Å². The molecular weight excluding hydrogens is 204 g/mol. The average Bonchev–Trinajstić information content (AvgIpc) is 2.14. The SMILES string of the molecule is O=S(Cl)/C=C/CCc1ccccc1. The van der Waals surface area contributed by atoms with Crippen LogP contribution in [-0.2, 0) is 16.4 Å². The molecule has 0 bridgehead atoms. The Morgan fingerprint density at radius 3 is 2.62 bits per heavy atom. The number of halogens is 1. The number of hydrogen-bond donors (Lipinski definition) is 0. The number of rotatable bonds is 4. The van der Waals surface area contributed by atoms with Gasteiger partial charge in [0.25, 0.3) is 0 Å². The Balaban J connectivity index is 2.32. The van der Waals surface area contributed by atoms with Crippen LogP contribution < -0.4 is 0 Å². The zero-order chi connectivity index (χ0) is 9.52. The first-order chi connectivity index (χ1) is 6.29. The number of benzene rings is 1. The van der Waals surface area contributed by atoms with Gasteiger partial charge in [-0.1, -0.05) is 36.4 Å². The Kier molecular flexibility index (Phi) is 4.79. The minimum atomic E-state index is -1.33. The molecular formula is C10H11ClOS. The van der Waals surface area contributed by atoms with Crippen LogP contribution in [0.25, 0.3) is 0 Å². The van der Waals surface area contributed by atoms with Crippen molar-refractivity contribution in [3.8, 4) is 0 Å². The second-order valence-electron chi connectivity index (χ2n) is 2.64. The third-order valence-electron chi connectivity index (χ3n) is 1.65. The van der Waals surface area contributed by atoms with E-state index in [4.69, 9.17) is 10.7 Å². The Morgan fingerprint density at radius 1 is 1.31 bits per heavy atom. The molecule has 0 N–H and O–H groups in total. The predicted octanol–water partition coefficient (Wildman–Crippen LogP) is 3.04. The molecule has 0 heterocycles. The maximum atomic E-state index is 10.4. The summed E-state index contributed by atoms with van der Waals surface area (Å²) in [5.74, 6) is 0. The summed E-state index contributed by atoms with van der Waals surface area (Å²) in [6.45, 7) is 0. The summed E-state index contributed by atoms with van der Waals surface area (Å²) in [5, 5.41) is 1.50. The summed E-state index contributed by atoms with van der Waals surface area (Å²) in [5.41, 5.74) is 1.28. The molecule has 1 aromatic rings. The lowest BCUT2D eigenvalue weighted by Crippen LogP contribution is -1.81. The largest absolute Gasteiger partial charge is 0.238 e. The third-order valence-corrected chi connectivity index (χ3v) is 2.36. The van der Waals surface area contributed by atoms with Crippen molar-refractivity contribution in [1.82, 2.24) is 0 Å². The van der Waals surface area contributed by atoms with Gasteiger partial charge in [-0.15, -0.1) is 0 Å². The molecule has 0 fully saturated rings. The van der Waals surface area contributed by atoms with E-state index < -0.39 is 10.0 Å². The zero-order valence-electron chi connectivity index (χ0n) is 7.15. The van der Waals surface area contributed by atoms with Gasteiger partial charge in [-0.05, 0) is 29.1 Å². The van der Waals surface area contributed by atoms with Gasteiger partial charge in [0.2, 0.25) is 0 Å². The Labute approximate surface area is 85.4 Å². The van der Waals surface area contributed by atoms with Crippen molar-refractivity contribution in [1.29, 1.82) is 0 Å². The normalized spacial score (nSPS) is 13.3. The van der Waals surface area contributed by atoms with E-state index in [1.54, 1.807) is 0 Å². The van der Waals surface area contributed by atoms with Crippen LogP contribution in [0.5, 0.6) is 0 Å². The predicted molar refractivity (Wildman–Crippen MR) is 57.9 cm³/mol. The van der Waals surface area contributed by atoms with E-state index in [0.717, 1.165) is 12.8 Å². The fourth-order valence-corrected chi connectivity index (χ4v) is 1.54. The highest BCUT2D eigenvalue weighted by Crippen LogP contribution is 2.03. The molecule has 13 heavy (non-hydrogen) atoms. The molecule has 1 unspecified atom stereocenters. The molecule has 1 nitrogen and oxygen atoms in total. The van der Waals surface area contributed by atoms with Crippen molar-refractivity contribution in [2.75, 3.05) is 0 Å². The van der Waals surface area contributed by atoms with Gasteiger partial charge >= 0.3 is 0 Å². The first kappa shape index (κ1) is 10.5. The van der Waals surface area contributed by atoms with Gasteiger partial charge in [0.1, 0.15) is 10.0 Å².